The predicted molar refractivity (Wildman–Crippen MR) is 103 cm³/mol. The molecule has 140 valence electrons. The topological polar surface area (TPSA) is 85.5 Å². The van der Waals surface area contributed by atoms with Crippen molar-refractivity contribution >= 4 is 17.3 Å². The van der Waals surface area contributed by atoms with Gasteiger partial charge in [-0.15, -0.1) is 21.5 Å². The first-order chi connectivity index (χ1) is 13.7. The molecule has 0 aliphatic heterocycles. The summed E-state index contributed by atoms with van der Waals surface area (Å²) in [6, 6.07) is 21.1. The quantitative estimate of drug-likeness (QED) is 0.503. The van der Waals surface area contributed by atoms with Crippen LogP contribution in [-0.2, 0) is 21.7 Å². The Hall–Kier alpha value is -3.29. The molecular formula is C21H16N2O4S. The number of hydrogen-bond donors (Lipinski definition) is 1. The summed E-state index contributed by atoms with van der Waals surface area (Å²) in [5, 5.41) is 21.1. The Labute approximate surface area is 165 Å². The molecule has 2 heterocycles. The molecule has 0 amide bonds. The molecule has 0 unspecified atom stereocenters. The summed E-state index contributed by atoms with van der Waals surface area (Å²) in [6.07, 6.45) is 0. The molecule has 1 N–H and O–H groups in total. The van der Waals surface area contributed by atoms with Crippen molar-refractivity contribution in [3.63, 3.8) is 0 Å². The molecule has 28 heavy (non-hydrogen) atoms. The zero-order valence-electron chi connectivity index (χ0n) is 14.7. The molecular weight excluding hydrogens is 376 g/mol. The molecule has 2 aromatic carbocycles. The Bertz CT molecular complexity index is 1010. The summed E-state index contributed by atoms with van der Waals surface area (Å²) in [6.45, 7) is -0.237. The lowest BCUT2D eigenvalue weighted by Gasteiger charge is -2.26. The van der Waals surface area contributed by atoms with Gasteiger partial charge in [0.25, 0.3) is 11.8 Å². The molecule has 0 atom stereocenters. The number of ether oxygens (including phenoxy) is 1. The Morgan fingerprint density at radius 1 is 0.964 bits per heavy atom. The van der Waals surface area contributed by atoms with Crippen LogP contribution in [0.4, 0.5) is 0 Å². The van der Waals surface area contributed by atoms with E-state index in [1.807, 2.05) is 29.6 Å². The van der Waals surface area contributed by atoms with Crippen molar-refractivity contribution in [3.05, 3.63) is 95.2 Å². The van der Waals surface area contributed by atoms with Gasteiger partial charge in [0.1, 0.15) is 0 Å². The first kappa shape index (κ1) is 18.1. The van der Waals surface area contributed by atoms with Gasteiger partial charge in [-0.2, -0.15) is 0 Å². The average molecular weight is 392 g/mol. The summed E-state index contributed by atoms with van der Waals surface area (Å²) in [4.78, 5) is 13.7. The Morgan fingerprint density at radius 2 is 1.61 bits per heavy atom. The average Bonchev–Trinajstić information content (AvgIpc) is 3.44. The highest BCUT2D eigenvalue weighted by molar-refractivity contribution is 7.13. The normalized spacial score (nSPS) is 11.3. The number of carbonyl (C=O) groups is 1. The number of nitrogens with zero attached hydrogens (tertiary/aromatic N) is 2. The summed E-state index contributed by atoms with van der Waals surface area (Å²) >= 11 is 1.47. The lowest BCUT2D eigenvalue weighted by Crippen LogP contribution is -2.38. The summed E-state index contributed by atoms with van der Waals surface area (Å²) in [7, 11) is 0. The lowest BCUT2D eigenvalue weighted by molar-refractivity contribution is -0.164. The van der Waals surface area contributed by atoms with Gasteiger partial charge in [-0.25, -0.2) is 4.79 Å². The van der Waals surface area contributed by atoms with Gasteiger partial charge in [0, 0.05) is 0 Å². The Balaban J connectivity index is 1.57. The number of rotatable bonds is 6. The zero-order chi connectivity index (χ0) is 19.4. The van der Waals surface area contributed by atoms with Crippen LogP contribution in [0.2, 0.25) is 0 Å². The number of thiophene rings is 1. The molecule has 4 aromatic rings. The van der Waals surface area contributed by atoms with E-state index in [0.29, 0.717) is 17.0 Å². The zero-order valence-corrected chi connectivity index (χ0v) is 15.5. The number of esters is 1. The maximum atomic E-state index is 12.9. The van der Waals surface area contributed by atoms with Crippen LogP contribution in [0.1, 0.15) is 17.0 Å². The van der Waals surface area contributed by atoms with Crippen molar-refractivity contribution in [3.8, 4) is 10.8 Å². The molecule has 0 fully saturated rings. The monoisotopic (exact) mass is 392 g/mol. The largest absolute Gasteiger partial charge is 0.453 e. The fraction of sp³-hybridized carbons (Fsp3) is 0.0952. The molecule has 0 aliphatic rings. The Kier molecular flexibility index (Phi) is 5.01. The molecule has 0 saturated heterocycles. The van der Waals surface area contributed by atoms with Crippen LogP contribution in [0.5, 0.6) is 0 Å². The molecule has 6 nitrogen and oxygen atoms in total. The van der Waals surface area contributed by atoms with E-state index >= 15 is 0 Å². The van der Waals surface area contributed by atoms with Crippen LogP contribution in [0, 0.1) is 0 Å². The smallest absolute Gasteiger partial charge is 0.348 e. The van der Waals surface area contributed by atoms with E-state index in [9.17, 15) is 9.90 Å². The van der Waals surface area contributed by atoms with Crippen LogP contribution in [0.3, 0.4) is 0 Å². The summed E-state index contributed by atoms with van der Waals surface area (Å²) in [5.41, 5.74) is -1.12. The number of aliphatic hydroxyl groups is 1. The van der Waals surface area contributed by atoms with Gasteiger partial charge in [-0.3, -0.25) is 0 Å². The van der Waals surface area contributed by atoms with Crippen molar-refractivity contribution in [1.29, 1.82) is 0 Å². The minimum atomic E-state index is -1.95. The van der Waals surface area contributed by atoms with E-state index in [0.717, 1.165) is 4.88 Å². The third kappa shape index (κ3) is 3.45. The molecule has 4 rings (SSSR count). The van der Waals surface area contributed by atoms with Crippen LogP contribution in [0.15, 0.2) is 82.6 Å². The van der Waals surface area contributed by atoms with Gasteiger partial charge in [0.05, 0.1) is 4.88 Å². The third-order valence-electron chi connectivity index (χ3n) is 4.20. The maximum absolute atomic E-state index is 12.9. The Morgan fingerprint density at radius 3 is 2.18 bits per heavy atom. The van der Waals surface area contributed by atoms with Crippen LogP contribution in [-0.4, -0.2) is 21.3 Å². The van der Waals surface area contributed by atoms with Crippen molar-refractivity contribution in [2.75, 3.05) is 0 Å². The molecule has 0 bridgehead atoms. The molecule has 0 spiro atoms. The molecule has 2 aromatic heterocycles. The maximum Gasteiger partial charge on any atom is 0.348 e. The summed E-state index contributed by atoms with van der Waals surface area (Å²) < 4.78 is 10.9. The third-order valence-corrected chi connectivity index (χ3v) is 5.06. The minimum absolute atomic E-state index is 0.153. The number of hydrogen-bond acceptors (Lipinski definition) is 7. The molecule has 0 saturated carbocycles. The number of aromatic nitrogens is 2. The lowest BCUT2D eigenvalue weighted by atomic mass is 9.86. The van der Waals surface area contributed by atoms with Crippen LogP contribution >= 0.6 is 11.3 Å². The summed E-state index contributed by atoms with van der Waals surface area (Å²) in [5.74, 6) is -0.302. The SMILES string of the molecule is O=C(OCc1nnc(-c2cccs2)o1)C(O)(c1ccccc1)c1ccccc1. The highest BCUT2D eigenvalue weighted by Crippen LogP contribution is 2.31. The van der Waals surface area contributed by atoms with Crippen molar-refractivity contribution in [2.24, 2.45) is 0 Å². The van der Waals surface area contributed by atoms with Crippen molar-refractivity contribution in [2.45, 2.75) is 12.2 Å². The highest BCUT2D eigenvalue weighted by atomic mass is 32.1. The van der Waals surface area contributed by atoms with Gasteiger partial charge in [-0.1, -0.05) is 66.7 Å². The van der Waals surface area contributed by atoms with Gasteiger partial charge < -0.3 is 14.3 Å². The van der Waals surface area contributed by atoms with E-state index < -0.39 is 11.6 Å². The van der Waals surface area contributed by atoms with Gasteiger partial charge in [0.15, 0.2) is 6.61 Å². The second kappa shape index (κ2) is 7.75. The van der Waals surface area contributed by atoms with Gasteiger partial charge in [-0.05, 0) is 22.6 Å². The first-order valence-corrected chi connectivity index (χ1v) is 9.43. The highest BCUT2D eigenvalue weighted by Gasteiger charge is 2.41. The van der Waals surface area contributed by atoms with E-state index in [1.165, 1.54) is 11.3 Å². The number of benzene rings is 2. The second-order valence-electron chi connectivity index (χ2n) is 6.00. The van der Waals surface area contributed by atoms with E-state index in [4.69, 9.17) is 9.15 Å². The van der Waals surface area contributed by atoms with Crippen molar-refractivity contribution in [1.82, 2.24) is 10.2 Å². The van der Waals surface area contributed by atoms with Gasteiger partial charge >= 0.3 is 5.97 Å². The standard InChI is InChI=1S/C21H16N2O4S/c24-20(26-14-18-22-23-19(27-18)17-12-7-13-28-17)21(25,15-8-3-1-4-9-15)16-10-5-2-6-11-16/h1-13,25H,14H2. The van der Waals surface area contributed by atoms with Crippen molar-refractivity contribution < 1.29 is 19.1 Å². The second-order valence-corrected chi connectivity index (χ2v) is 6.94. The molecule has 0 aliphatic carbocycles. The van der Waals surface area contributed by atoms with E-state index in [2.05, 4.69) is 10.2 Å². The first-order valence-electron chi connectivity index (χ1n) is 8.55. The van der Waals surface area contributed by atoms with Crippen LogP contribution in [0.25, 0.3) is 10.8 Å². The molecule has 0 radical (unpaired) electrons. The van der Waals surface area contributed by atoms with Crippen LogP contribution < -0.4 is 0 Å². The van der Waals surface area contributed by atoms with E-state index in [1.54, 1.807) is 48.5 Å². The predicted octanol–water partition coefficient (Wildman–Crippen LogP) is 3.78. The van der Waals surface area contributed by atoms with Gasteiger partial charge in [0.2, 0.25) is 5.60 Å². The minimum Gasteiger partial charge on any atom is -0.453 e. The van der Waals surface area contributed by atoms with E-state index in [-0.39, 0.29) is 12.5 Å². The number of carbonyl (C=O) groups excluding carboxylic acids is 1. The molecule has 7 heteroatoms. The fourth-order valence-corrected chi connectivity index (χ4v) is 3.45. The fourth-order valence-electron chi connectivity index (χ4n) is 2.80.